The van der Waals surface area contributed by atoms with E-state index in [4.69, 9.17) is 9.47 Å². The van der Waals surface area contributed by atoms with Crippen LogP contribution in [-0.4, -0.2) is 29.9 Å². The van der Waals surface area contributed by atoms with Crippen LogP contribution in [-0.2, 0) is 20.9 Å². The maximum Gasteiger partial charge on any atom is 0.334 e. The lowest BCUT2D eigenvalue weighted by Gasteiger charge is -2.24. The number of aliphatic hydroxyl groups excluding tert-OH is 1. The molecule has 1 aromatic rings. The van der Waals surface area contributed by atoms with Crippen molar-refractivity contribution in [2.45, 2.75) is 52.7 Å². The van der Waals surface area contributed by atoms with Crippen molar-refractivity contribution in [1.82, 2.24) is 0 Å². The summed E-state index contributed by atoms with van der Waals surface area (Å²) in [4.78, 5) is 12.3. The highest BCUT2D eigenvalue weighted by atomic mass is 16.6. The van der Waals surface area contributed by atoms with Crippen LogP contribution in [0.15, 0.2) is 42.0 Å². The quantitative estimate of drug-likeness (QED) is 0.531. The predicted octanol–water partition coefficient (Wildman–Crippen LogP) is 4.13. The molecule has 4 heteroatoms. The fourth-order valence-corrected chi connectivity index (χ4v) is 3.61. The third kappa shape index (κ3) is 5.42. The van der Waals surface area contributed by atoms with Crippen LogP contribution in [0.2, 0.25) is 0 Å². The van der Waals surface area contributed by atoms with Crippen molar-refractivity contribution in [3.05, 3.63) is 47.5 Å². The molecule has 0 aromatic heterocycles. The molecular weight excluding hydrogens is 328 g/mol. The molecule has 1 saturated heterocycles. The summed E-state index contributed by atoms with van der Waals surface area (Å²) in [5.74, 6) is 1.31. The number of rotatable bonds is 9. The minimum Gasteiger partial charge on any atom is -0.450 e. The molecule has 1 aliphatic heterocycles. The molecular formula is C22H32O4. The molecule has 1 fully saturated rings. The summed E-state index contributed by atoms with van der Waals surface area (Å²) in [5.41, 5.74) is 0.758. The van der Waals surface area contributed by atoms with Gasteiger partial charge in [-0.2, -0.15) is 0 Å². The predicted molar refractivity (Wildman–Crippen MR) is 102 cm³/mol. The van der Waals surface area contributed by atoms with E-state index in [1.165, 1.54) is 0 Å². The Hall–Kier alpha value is -1.65. The van der Waals surface area contributed by atoms with E-state index in [0.717, 1.165) is 12.0 Å². The Labute approximate surface area is 157 Å². The molecule has 1 unspecified atom stereocenters. The molecule has 0 aliphatic carbocycles. The van der Waals surface area contributed by atoms with Crippen molar-refractivity contribution in [1.29, 1.82) is 0 Å². The molecule has 4 nitrogen and oxygen atoms in total. The number of carbonyl (C=O) groups excluding carboxylic acids is 1. The van der Waals surface area contributed by atoms with Crippen molar-refractivity contribution in [2.24, 2.45) is 17.8 Å². The molecule has 1 N–H and O–H groups in total. The topological polar surface area (TPSA) is 55.8 Å². The Kier molecular flexibility index (Phi) is 7.42. The lowest BCUT2D eigenvalue weighted by atomic mass is 9.82. The van der Waals surface area contributed by atoms with Crippen molar-refractivity contribution in [3.63, 3.8) is 0 Å². The molecule has 144 valence electrons. The Morgan fingerprint density at radius 2 is 1.85 bits per heavy atom. The van der Waals surface area contributed by atoms with Crippen molar-refractivity contribution < 1.29 is 19.4 Å². The summed E-state index contributed by atoms with van der Waals surface area (Å²) in [6.07, 6.45) is 3.26. The molecule has 0 spiro atoms. The van der Waals surface area contributed by atoms with Gasteiger partial charge in [0.1, 0.15) is 0 Å². The highest BCUT2D eigenvalue weighted by Gasteiger charge is 2.43. The fourth-order valence-electron chi connectivity index (χ4n) is 3.61. The standard InChI is InChI=1S/C22H32O4/c1-16(2)20(17(3)4)11-10-19-12-22(14-23,26-21(19)24)15-25-13-18-8-6-5-7-9-18/h5-10,16-17,20,23H,11-15H2,1-4H3/b19-10+. The number of benzene rings is 1. The van der Waals surface area contributed by atoms with E-state index in [2.05, 4.69) is 27.7 Å². The third-order valence-corrected chi connectivity index (χ3v) is 5.20. The minimum atomic E-state index is -0.956. The highest BCUT2D eigenvalue weighted by molar-refractivity contribution is 5.91. The second-order valence-corrected chi connectivity index (χ2v) is 8.00. The maximum atomic E-state index is 12.3. The van der Waals surface area contributed by atoms with Crippen molar-refractivity contribution >= 4 is 5.97 Å². The van der Waals surface area contributed by atoms with E-state index in [-0.39, 0.29) is 19.2 Å². The zero-order chi connectivity index (χ0) is 19.2. The van der Waals surface area contributed by atoms with Gasteiger partial charge in [-0.05, 0) is 29.7 Å². The molecule has 2 rings (SSSR count). The van der Waals surface area contributed by atoms with E-state index < -0.39 is 5.60 Å². The van der Waals surface area contributed by atoms with Crippen LogP contribution in [0.4, 0.5) is 0 Å². The molecule has 0 radical (unpaired) electrons. The maximum absolute atomic E-state index is 12.3. The van der Waals surface area contributed by atoms with Gasteiger partial charge in [-0.3, -0.25) is 0 Å². The Morgan fingerprint density at radius 1 is 1.19 bits per heavy atom. The number of esters is 1. The Bertz CT molecular complexity index is 598. The zero-order valence-electron chi connectivity index (χ0n) is 16.4. The Balaban J connectivity index is 1.96. The van der Waals surface area contributed by atoms with Gasteiger partial charge in [0.2, 0.25) is 0 Å². The van der Waals surface area contributed by atoms with Gasteiger partial charge in [-0.25, -0.2) is 4.79 Å². The largest absolute Gasteiger partial charge is 0.450 e. The second kappa shape index (κ2) is 9.33. The SMILES string of the molecule is CC(C)C(C/C=C1\CC(CO)(COCc2ccccc2)OC1=O)C(C)C. The first-order valence-corrected chi connectivity index (χ1v) is 9.52. The first kappa shape index (κ1) is 20.7. The van der Waals surface area contributed by atoms with Gasteiger partial charge in [-0.15, -0.1) is 0 Å². The van der Waals surface area contributed by atoms with Crippen LogP contribution < -0.4 is 0 Å². The lowest BCUT2D eigenvalue weighted by molar-refractivity contribution is -0.157. The van der Waals surface area contributed by atoms with Gasteiger partial charge < -0.3 is 14.6 Å². The van der Waals surface area contributed by atoms with E-state index in [1.54, 1.807) is 0 Å². The van der Waals surface area contributed by atoms with Crippen LogP contribution in [0.5, 0.6) is 0 Å². The monoisotopic (exact) mass is 360 g/mol. The minimum absolute atomic E-state index is 0.194. The molecule has 1 aromatic carbocycles. The first-order chi connectivity index (χ1) is 12.4. The summed E-state index contributed by atoms with van der Waals surface area (Å²) in [7, 11) is 0. The smallest absolute Gasteiger partial charge is 0.334 e. The average Bonchev–Trinajstić information content (AvgIpc) is 2.92. The normalized spacial score (nSPS) is 22.0. The van der Waals surface area contributed by atoms with Crippen molar-refractivity contribution in [2.75, 3.05) is 13.2 Å². The zero-order valence-corrected chi connectivity index (χ0v) is 16.4. The van der Waals surface area contributed by atoms with E-state index in [9.17, 15) is 9.90 Å². The number of cyclic esters (lactones) is 1. The number of allylic oxidation sites excluding steroid dienone is 1. The van der Waals surface area contributed by atoms with Crippen LogP contribution in [0.25, 0.3) is 0 Å². The number of hydrogen-bond acceptors (Lipinski definition) is 4. The number of carbonyl (C=O) groups is 1. The number of aliphatic hydroxyl groups is 1. The molecule has 0 saturated carbocycles. The summed E-state index contributed by atoms with van der Waals surface area (Å²) in [6, 6.07) is 9.83. The Morgan fingerprint density at radius 3 is 2.42 bits per heavy atom. The summed E-state index contributed by atoms with van der Waals surface area (Å²) in [5, 5.41) is 9.82. The van der Waals surface area contributed by atoms with Crippen LogP contribution in [0, 0.1) is 17.8 Å². The number of hydrogen-bond donors (Lipinski definition) is 1. The van der Waals surface area contributed by atoms with Gasteiger partial charge in [0, 0.05) is 12.0 Å². The van der Waals surface area contributed by atoms with E-state index in [0.29, 0.717) is 36.4 Å². The molecule has 1 heterocycles. The molecule has 1 aliphatic rings. The second-order valence-electron chi connectivity index (χ2n) is 8.00. The van der Waals surface area contributed by atoms with Crippen LogP contribution in [0.3, 0.4) is 0 Å². The van der Waals surface area contributed by atoms with E-state index in [1.807, 2.05) is 36.4 Å². The summed E-state index contributed by atoms with van der Waals surface area (Å²) >= 11 is 0. The lowest BCUT2D eigenvalue weighted by Crippen LogP contribution is -2.38. The summed E-state index contributed by atoms with van der Waals surface area (Å²) < 4.78 is 11.3. The van der Waals surface area contributed by atoms with Crippen LogP contribution in [0.1, 0.15) is 46.1 Å². The molecule has 0 amide bonds. The van der Waals surface area contributed by atoms with E-state index >= 15 is 0 Å². The van der Waals surface area contributed by atoms with Crippen LogP contribution >= 0.6 is 0 Å². The van der Waals surface area contributed by atoms with Crippen molar-refractivity contribution in [3.8, 4) is 0 Å². The summed E-state index contributed by atoms with van der Waals surface area (Å²) in [6.45, 7) is 9.25. The van der Waals surface area contributed by atoms with Gasteiger partial charge in [-0.1, -0.05) is 64.1 Å². The van der Waals surface area contributed by atoms with Gasteiger partial charge >= 0.3 is 5.97 Å². The molecule has 1 atom stereocenters. The third-order valence-electron chi connectivity index (χ3n) is 5.20. The van der Waals surface area contributed by atoms with Gasteiger partial charge in [0.05, 0.1) is 19.8 Å². The fraction of sp³-hybridized carbons (Fsp3) is 0.591. The number of ether oxygens (including phenoxy) is 2. The van der Waals surface area contributed by atoms with Gasteiger partial charge in [0.25, 0.3) is 0 Å². The highest BCUT2D eigenvalue weighted by Crippen LogP contribution is 2.33. The molecule has 26 heavy (non-hydrogen) atoms. The molecule has 0 bridgehead atoms. The first-order valence-electron chi connectivity index (χ1n) is 9.52. The van der Waals surface area contributed by atoms with Gasteiger partial charge in [0.15, 0.2) is 5.60 Å². The average molecular weight is 360 g/mol.